The molecule has 0 radical (unpaired) electrons. The van der Waals surface area contributed by atoms with E-state index in [1.165, 1.54) is 43.8 Å². The predicted molar refractivity (Wildman–Crippen MR) is 78.3 cm³/mol. The molecule has 2 nitrogen and oxygen atoms in total. The van der Waals surface area contributed by atoms with Crippen molar-refractivity contribution in [1.82, 2.24) is 10.2 Å². The molecule has 0 saturated carbocycles. The molecule has 2 heterocycles. The van der Waals surface area contributed by atoms with Crippen molar-refractivity contribution in [3.63, 3.8) is 0 Å². The minimum Gasteiger partial charge on any atom is -0.317 e. The molecule has 1 atom stereocenters. The fourth-order valence-corrected chi connectivity index (χ4v) is 4.47. The molecule has 2 aliphatic heterocycles. The number of benzene rings is 1. The van der Waals surface area contributed by atoms with Gasteiger partial charge in [0.25, 0.3) is 0 Å². The van der Waals surface area contributed by atoms with Crippen LogP contribution in [0.1, 0.15) is 18.4 Å². The van der Waals surface area contributed by atoms with Crippen molar-refractivity contribution in [2.75, 3.05) is 26.7 Å². The van der Waals surface area contributed by atoms with E-state index in [-0.39, 0.29) is 0 Å². The van der Waals surface area contributed by atoms with Crippen LogP contribution in [0.2, 0.25) is 0 Å². The number of rotatable bonds is 3. The van der Waals surface area contributed by atoms with Crippen molar-refractivity contribution in [3.05, 3.63) is 29.8 Å². The summed E-state index contributed by atoms with van der Waals surface area (Å²) in [4.78, 5) is 4.09. The third kappa shape index (κ3) is 2.73. The molecule has 1 N–H and O–H groups in total. The predicted octanol–water partition coefficient (Wildman–Crippen LogP) is 2.39. The summed E-state index contributed by atoms with van der Waals surface area (Å²) in [6, 6.07) is 9.66. The Bertz CT molecular complexity index is 376. The van der Waals surface area contributed by atoms with Gasteiger partial charge >= 0.3 is 0 Å². The molecule has 0 spiro atoms. The Kier molecular flexibility index (Phi) is 3.92. The maximum absolute atomic E-state index is 3.45. The van der Waals surface area contributed by atoms with Crippen LogP contribution in [0.15, 0.2) is 29.2 Å². The lowest BCUT2D eigenvalue weighted by molar-refractivity contribution is 0.200. The van der Waals surface area contributed by atoms with Gasteiger partial charge in [-0.15, -0.1) is 11.8 Å². The van der Waals surface area contributed by atoms with Gasteiger partial charge in [-0.25, -0.2) is 0 Å². The van der Waals surface area contributed by atoms with Crippen LogP contribution in [0.5, 0.6) is 0 Å². The van der Waals surface area contributed by atoms with Crippen molar-refractivity contribution >= 4 is 11.8 Å². The molecule has 98 valence electrons. The molecule has 3 rings (SSSR count). The van der Waals surface area contributed by atoms with E-state index in [0.717, 1.165) is 11.3 Å². The van der Waals surface area contributed by atoms with Crippen molar-refractivity contribution in [2.45, 2.75) is 35.4 Å². The summed E-state index contributed by atoms with van der Waals surface area (Å²) in [7, 11) is 2.31. The molecule has 0 aliphatic carbocycles. The molecule has 1 saturated heterocycles. The Morgan fingerprint density at radius 1 is 1.28 bits per heavy atom. The van der Waals surface area contributed by atoms with Crippen LogP contribution in [0.4, 0.5) is 0 Å². The maximum atomic E-state index is 3.45. The van der Waals surface area contributed by atoms with E-state index in [0.29, 0.717) is 0 Å². The van der Waals surface area contributed by atoms with Gasteiger partial charge in [-0.05, 0) is 51.0 Å². The van der Waals surface area contributed by atoms with Crippen molar-refractivity contribution in [3.8, 4) is 0 Å². The highest BCUT2D eigenvalue weighted by atomic mass is 32.2. The number of piperidine rings is 1. The van der Waals surface area contributed by atoms with Gasteiger partial charge in [-0.3, -0.25) is 0 Å². The summed E-state index contributed by atoms with van der Waals surface area (Å²) < 4.78 is 0. The van der Waals surface area contributed by atoms with Crippen LogP contribution in [-0.2, 0) is 6.42 Å². The fourth-order valence-electron chi connectivity index (χ4n) is 3.07. The maximum Gasteiger partial charge on any atom is 0.0263 e. The molecule has 1 aromatic rings. The van der Waals surface area contributed by atoms with Gasteiger partial charge in [0, 0.05) is 22.7 Å². The molecule has 1 fully saturated rings. The summed E-state index contributed by atoms with van der Waals surface area (Å²) in [6.07, 6.45) is 3.86. The van der Waals surface area contributed by atoms with Crippen LogP contribution in [0.25, 0.3) is 0 Å². The topological polar surface area (TPSA) is 15.3 Å². The number of thioether (sulfide) groups is 1. The van der Waals surface area contributed by atoms with Gasteiger partial charge in [0.15, 0.2) is 0 Å². The van der Waals surface area contributed by atoms with Gasteiger partial charge in [-0.1, -0.05) is 18.2 Å². The fraction of sp³-hybridized carbons (Fsp3) is 0.600. The molecule has 0 amide bonds. The Labute approximate surface area is 114 Å². The van der Waals surface area contributed by atoms with Crippen LogP contribution in [0, 0.1) is 0 Å². The van der Waals surface area contributed by atoms with Crippen LogP contribution >= 0.6 is 11.8 Å². The second-order valence-corrected chi connectivity index (χ2v) is 6.81. The number of nitrogens with zero attached hydrogens (tertiary/aromatic N) is 1. The lowest BCUT2D eigenvalue weighted by Gasteiger charge is -2.33. The molecular formula is C15H22N2S. The zero-order valence-corrected chi connectivity index (χ0v) is 11.9. The van der Waals surface area contributed by atoms with E-state index in [9.17, 15) is 0 Å². The minimum absolute atomic E-state index is 0.752. The first-order valence-electron chi connectivity index (χ1n) is 6.98. The first kappa shape index (κ1) is 12.5. The van der Waals surface area contributed by atoms with Crippen LogP contribution < -0.4 is 5.32 Å². The third-order valence-corrected chi connectivity index (χ3v) is 5.44. The molecule has 0 aromatic heterocycles. The monoisotopic (exact) mass is 262 g/mol. The number of fused-ring (bicyclic) bond motifs is 1. The van der Waals surface area contributed by atoms with Crippen LogP contribution in [0.3, 0.4) is 0 Å². The van der Waals surface area contributed by atoms with E-state index < -0.39 is 0 Å². The zero-order chi connectivity index (χ0) is 12.4. The van der Waals surface area contributed by atoms with E-state index in [1.807, 2.05) is 0 Å². The average molecular weight is 262 g/mol. The summed E-state index contributed by atoms with van der Waals surface area (Å²) in [6.45, 7) is 3.60. The number of hydrogen-bond acceptors (Lipinski definition) is 3. The molecule has 2 aliphatic rings. The van der Waals surface area contributed by atoms with Gasteiger partial charge < -0.3 is 10.2 Å². The highest BCUT2D eigenvalue weighted by Gasteiger charge is 2.25. The lowest BCUT2D eigenvalue weighted by Crippen LogP contribution is -2.43. The van der Waals surface area contributed by atoms with E-state index in [4.69, 9.17) is 0 Å². The van der Waals surface area contributed by atoms with Gasteiger partial charge in [-0.2, -0.15) is 0 Å². The van der Waals surface area contributed by atoms with E-state index >= 15 is 0 Å². The van der Waals surface area contributed by atoms with Crippen molar-refractivity contribution in [1.29, 1.82) is 0 Å². The molecule has 18 heavy (non-hydrogen) atoms. The number of nitrogens with one attached hydrogen (secondary N) is 1. The van der Waals surface area contributed by atoms with Gasteiger partial charge in [0.1, 0.15) is 0 Å². The van der Waals surface area contributed by atoms with Crippen molar-refractivity contribution < 1.29 is 0 Å². The highest BCUT2D eigenvalue weighted by Crippen LogP contribution is 2.37. The molecule has 1 unspecified atom stereocenters. The zero-order valence-electron chi connectivity index (χ0n) is 11.1. The molecule has 3 heteroatoms. The molecule has 1 aromatic carbocycles. The highest BCUT2D eigenvalue weighted by molar-refractivity contribution is 8.00. The number of hydrogen-bond donors (Lipinski definition) is 1. The first-order chi connectivity index (χ1) is 8.83. The second kappa shape index (κ2) is 5.64. The molecule has 0 bridgehead atoms. The summed E-state index contributed by atoms with van der Waals surface area (Å²) in [5.74, 6) is 0. The smallest absolute Gasteiger partial charge is 0.0263 e. The Morgan fingerprint density at radius 2 is 2.06 bits per heavy atom. The standard InChI is InChI=1S/C15H22N2S/c1-17(13-6-8-16-9-7-13)11-14-10-12-4-2-3-5-15(12)18-14/h2-5,13-14,16H,6-11H2,1H3. The van der Waals surface area contributed by atoms with Gasteiger partial charge in [0.05, 0.1) is 0 Å². The lowest BCUT2D eigenvalue weighted by atomic mass is 10.0. The van der Waals surface area contributed by atoms with E-state index in [1.54, 1.807) is 5.56 Å². The van der Waals surface area contributed by atoms with E-state index in [2.05, 4.69) is 53.3 Å². The average Bonchev–Trinajstić information content (AvgIpc) is 2.82. The quantitative estimate of drug-likeness (QED) is 0.900. The Balaban J connectivity index is 1.55. The van der Waals surface area contributed by atoms with Gasteiger partial charge in [0.2, 0.25) is 0 Å². The third-order valence-electron chi connectivity index (χ3n) is 4.14. The van der Waals surface area contributed by atoms with Crippen LogP contribution in [-0.4, -0.2) is 42.9 Å². The Hall–Kier alpha value is -0.510. The SMILES string of the molecule is CN(CC1Cc2ccccc2S1)C1CCNCC1. The minimum atomic E-state index is 0.752. The normalized spacial score (nSPS) is 24.4. The Morgan fingerprint density at radius 3 is 2.83 bits per heavy atom. The summed E-state index contributed by atoms with van der Waals surface area (Å²) in [5.41, 5.74) is 1.55. The summed E-state index contributed by atoms with van der Waals surface area (Å²) in [5, 5.41) is 4.20. The van der Waals surface area contributed by atoms with Crippen molar-refractivity contribution in [2.24, 2.45) is 0 Å². The molecular weight excluding hydrogens is 240 g/mol. The largest absolute Gasteiger partial charge is 0.317 e. The summed E-state index contributed by atoms with van der Waals surface area (Å²) >= 11 is 2.07. The second-order valence-electron chi connectivity index (χ2n) is 5.47. The first-order valence-corrected chi connectivity index (χ1v) is 7.86.